The maximum absolute atomic E-state index is 13.6. The van der Waals surface area contributed by atoms with Gasteiger partial charge in [0.15, 0.2) is 0 Å². The van der Waals surface area contributed by atoms with E-state index in [9.17, 15) is 24.0 Å². The second kappa shape index (κ2) is 13.7. The van der Waals surface area contributed by atoms with Crippen LogP contribution in [-0.2, 0) is 44.6 Å². The highest BCUT2D eigenvalue weighted by atomic mass is 16.7. The fourth-order valence-electron chi connectivity index (χ4n) is 7.56. The van der Waals surface area contributed by atoms with Gasteiger partial charge in [0, 0.05) is 6.54 Å². The quantitative estimate of drug-likeness (QED) is 0.116. The van der Waals surface area contributed by atoms with E-state index in [1.54, 1.807) is 27.7 Å². The molecular formula is C38H60BN5O8. The Morgan fingerprint density at radius 1 is 0.731 bits per heavy atom. The Morgan fingerprint density at radius 3 is 1.67 bits per heavy atom. The lowest BCUT2D eigenvalue weighted by Crippen LogP contribution is -2.68. The molecule has 1 aromatic carbocycles. The van der Waals surface area contributed by atoms with E-state index in [2.05, 4.69) is 47.4 Å². The second-order valence-corrected chi connectivity index (χ2v) is 18.3. The second-order valence-electron chi connectivity index (χ2n) is 18.3. The number of nitrogens with one attached hydrogen (secondary N) is 5. The van der Waals surface area contributed by atoms with E-state index in [1.807, 2.05) is 24.3 Å². The van der Waals surface area contributed by atoms with E-state index in [4.69, 9.17) is 14.0 Å². The Balaban J connectivity index is 1.35. The van der Waals surface area contributed by atoms with Gasteiger partial charge in [-0.2, -0.15) is 0 Å². The van der Waals surface area contributed by atoms with Crippen LogP contribution in [-0.4, -0.2) is 83.2 Å². The standard InChI is InChI=1S/C38H60BN5O8/c1-32(2)23-19-25(32)38(13)26(20-23)51-39(52-38)24-18-16-15-17-22(24)21-40-33(3,4)27(45)41-34(5,6)28(46)42-35(7,8)29(47)43-36(9,10)30(48)44-37(11,12)31(49)50-14/h15-18,23,25-26,40H,19-21H2,1-14H3,(H,41,45)(H,42,46)(H,43,47)(H,44,48)/t23-,25-,26+,38-/m1/s1/i11+1/t23-,25-,26+,37+,38-. The molecule has 0 aromatic heterocycles. The molecule has 4 aliphatic rings. The third kappa shape index (κ3) is 7.89. The van der Waals surface area contributed by atoms with Gasteiger partial charge in [-0.15, -0.1) is 0 Å². The zero-order valence-corrected chi connectivity index (χ0v) is 33.5. The summed E-state index contributed by atoms with van der Waals surface area (Å²) < 4.78 is 18.0. The fraction of sp³-hybridized carbons (Fsp3) is 0.711. The van der Waals surface area contributed by atoms with Crippen molar-refractivity contribution in [3.63, 3.8) is 0 Å². The van der Waals surface area contributed by atoms with Crippen LogP contribution in [0.2, 0.25) is 0 Å². The lowest BCUT2D eigenvalue weighted by Gasteiger charge is -2.64. The third-order valence-corrected chi connectivity index (χ3v) is 11.6. The van der Waals surface area contributed by atoms with E-state index < -0.39 is 64.4 Å². The lowest BCUT2D eigenvalue weighted by atomic mass is 9.43. The molecule has 2 bridgehead atoms. The molecule has 0 unspecified atom stereocenters. The summed E-state index contributed by atoms with van der Waals surface area (Å²) in [6.45, 7) is 22.7. The summed E-state index contributed by atoms with van der Waals surface area (Å²) in [5.74, 6) is -1.88. The zero-order valence-electron chi connectivity index (χ0n) is 33.5. The van der Waals surface area contributed by atoms with Crippen LogP contribution < -0.4 is 32.0 Å². The van der Waals surface area contributed by atoms with Crippen molar-refractivity contribution in [2.24, 2.45) is 17.3 Å². The van der Waals surface area contributed by atoms with Crippen LogP contribution in [0.1, 0.15) is 108 Å². The lowest BCUT2D eigenvalue weighted by molar-refractivity contribution is -0.199. The SMILES string of the molecule is COC(=O)[C@@](C)([13CH3])NC(=O)C(C)(C)NC(=O)C(C)(C)NC(=O)C(C)(C)NC(=O)C(C)(C)NCc1ccccc1B1O[C@H]2C[C@H]3C[C@H](C3(C)C)[C@@]2(C)O1. The molecule has 0 radical (unpaired) electrons. The highest BCUT2D eigenvalue weighted by Gasteiger charge is 2.68. The van der Waals surface area contributed by atoms with Gasteiger partial charge in [0.1, 0.15) is 22.2 Å². The van der Waals surface area contributed by atoms with E-state index in [0.29, 0.717) is 18.4 Å². The van der Waals surface area contributed by atoms with E-state index >= 15 is 0 Å². The van der Waals surface area contributed by atoms with Crippen LogP contribution in [0, 0.1) is 17.3 Å². The Labute approximate surface area is 309 Å². The van der Waals surface area contributed by atoms with Crippen molar-refractivity contribution >= 4 is 42.2 Å². The largest absolute Gasteiger partial charge is 0.494 e. The average molecular weight is 727 g/mol. The summed E-state index contributed by atoms with van der Waals surface area (Å²) in [7, 11) is 0.708. The van der Waals surface area contributed by atoms with Crippen molar-refractivity contribution < 1.29 is 38.0 Å². The van der Waals surface area contributed by atoms with Crippen LogP contribution >= 0.6 is 0 Å². The number of carbonyl (C=O) groups excluding carboxylic acids is 5. The van der Waals surface area contributed by atoms with Gasteiger partial charge >= 0.3 is 13.1 Å². The van der Waals surface area contributed by atoms with Crippen molar-refractivity contribution in [1.82, 2.24) is 26.6 Å². The molecule has 288 valence electrons. The predicted octanol–water partition coefficient (Wildman–Crippen LogP) is 2.24. The highest BCUT2D eigenvalue weighted by Crippen LogP contribution is 2.65. The number of carbonyl (C=O) groups is 5. The van der Waals surface area contributed by atoms with E-state index in [0.717, 1.165) is 23.9 Å². The first kappa shape index (κ1) is 41.3. The molecule has 1 aromatic rings. The van der Waals surface area contributed by atoms with Crippen molar-refractivity contribution in [2.75, 3.05) is 7.11 Å². The maximum atomic E-state index is 13.6. The van der Waals surface area contributed by atoms with E-state index in [-0.39, 0.29) is 17.1 Å². The zero-order chi connectivity index (χ0) is 39.5. The monoisotopic (exact) mass is 726 g/mol. The van der Waals surface area contributed by atoms with Gasteiger partial charge in [0.05, 0.1) is 24.4 Å². The molecule has 13 nitrogen and oxygen atoms in total. The number of amides is 4. The summed E-state index contributed by atoms with van der Waals surface area (Å²) >= 11 is 0. The first-order chi connectivity index (χ1) is 23.6. The van der Waals surface area contributed by atoms with Gasteiger partial charge in [0.25, 0.3) is 0 Å². The first-order valence-corrected chi connectivity index (χ1v) is 18.2. The molecular weight excluding hydrogens is 666 g/mol. The Kier molecular flexibility index (Phi) is 10.9. The Bertz CT molecular complexity index is 1600. The Morgan fingerprint density at radius 2 is 1.19 bits per heavy atom. The third-order valence-electron chi connectivity index (χ3n) is 11.6. The average Bonchev–Trinajstić information content (AvgIpc) is 3.39. The number of hydrogen-bond acceptors (Lipinski definition) is 9. The number of esters is 1. The maximum Gasteiger partial charge on any atom is 0.494 e. The van der Waals surface area contributed by atoms with E-state index in [1.165, 1.54) is 48.7 Å². The van der Waals surface area contributed by atoms with Crippen LogP contribution in [0.4, 0.5) is 0 Å². The minimum Gasteiger partial charge on any atom is -0.467 e. The molecule has 4 fully saturated rings. The van der Waals surface area contributed by atoms with Gasteiger partial charge < -0.3 is 35.3 Å². The van der Waals surface area contributed by atoms with Crippen LogP contribution in [0.5, 0.6) is 0 Å². The summed E-state index contributed by atoms with van der Waals surface area (Å²) in [4.78, 5) is 65.6. The van der Waals surface area contributed by atoms with Gasteiger partial charge in [-0.05, 0) is 117 Å². The van der Waals surface area contributed by atoms with Crippen LogP contribution in [0.15, 0.2) is 24.3 Å². The number of rotatable bonds is 13. The number of methoxy groups -OCH3 is 1. The summed E-state index contributed by atoms with van der Waals surface area (Å²) in [5, 5.41) is 14.1. The molecule has 0 spiro atoms. The molecule has 5 atom stereocenters. The molecule has 5 N–H and O–H groups in total. The minimum absolute atomic E-state index is 0.0402. The number of hydrogen-bond donors (Lipinski definition) is 5. The van der Waals surface area contributed by atoms with Crippen molar-refractivity contribution in [1.29, 1.82) is 0 Å². The summed E-state index contributed by atoms with van der Waals surface area (Å²) in [6.07, 6.45) is 2.19. The van der Waals surface area contributed by atoms with Crippen LogP contribution in [0.25, 0.3) is 0 Å². The molecule has 3 saturated carbocycles. The smallest absolute Gasteiger partial charge is 0.467 e. The summed E-state index contributed by atoms with van der Waals surface area (Å²) in [5.41, 5.74) is -5.05. The van der Waals surface area contributed by atoms with Gasteiger partial charge in [-0.3, -0.25) is 24.5 Å². The highest BCUT2D eigenvalue weighted by molar-refractivity contribution is 6.62. The van der Waals surface area contributed by atoms with Crippen molar-refractivity contribution in [3.8, 4) is 0 Å². The first-order valence-electron chi connectivity index (χ1n) is 18.2. The van der Waals surface area contributed by atoms with Crippen molar-refractivity contribution in [2.45, 2.75) is 149 Å². The molecule has 3 aliphatic carbocycles. The minimum atomic E-state index is -1.49. The van der Waals surface area contributed by atoms with Gasteiger partial charge in [-0.25, -0.2) is 4.79 Å². The molecule has 14 heteroatoms. The van der Waals surface area contributed by atoms with Crippen LogP contribution in [0.3, 0.4) is 0 Å². The predicted molar refractivity (Wildman–Crippen MR) is 198 cm³/mol. The molecule has 1 heterocycles. The van der Waals surface area contributed by atoms with Crippen molar-refractivity contribution in [3.05, 3.63) is 29.8 Å². The van der Waals surface area contributed by atoms with Gasteiger partial charge in [0.2, 0.25) is 23.6 Å². The molecule has 4 amide bonds. The molecule has 1 saturated heterocycles. The summed E-state index contributed by atoms with van der Waals surface area (Å²) in [6, 6.07) is 7.90. The molecule has 1 aliphatic heterocycles. The normalized spacial score (nSPS) is 25.1. The molecule has 52 heavy (non-hydrogen) atoms. The molecule has 5 rings (SSSR count). The number of ether oxygens (including phenoxy) is 1. The fourth-order valence-corrected chi connectivity index (χ4v) is 7.56. The van der Waals surface area contributed by atoms with Gasteiger partial charge in [-0.1, -0.05) is 38.1 Å². The topological polar surface area (TPSA) is 173 Å². The number of benzene rings is 1. The Hall–Kier alpha value is -3.49.